The number of sulfone groups is 1. The highest BCUT2D eigenvalue weighted by molar-refractivity contribution is 7.90. The smallest absolute Gasteiger partial charge is 0.251 e. The summed E-state index contributed by atoms with van der Waals surface area (Å²) >= 11 is 2.83. The molecule has 0 atom stereocenters. The molecule has 0 radical (unpaired) electrons. The van der Waals surface area contributed by atoms with Gasteiger partial charge in [0.2, 0.25) is 5.91 Å². The van der Waals surface area contributed by atoms with Gasteiger partial charge in [-0.15, -0.1) is 22.7 Å². The standard InChI is InChI=1S/C22H18N4O4S3/c1-33(29,30)17-7-3-5-15(11-17)20(28)24-12-19(27)26-22-25-18(13-32-22)14-4-2-6-16(10-14)21-23-8-9-31-21/h2-11,13H,12H2,1H3,(H,24,28)(H,25,26,27). The van der Waals surface area contributed by atoms with Crippen molar-refractivity contribution in [1.29, 1.82) is 0 Å². The van der Waals surface area contributed by atoms with Gasteiger partial charge in [-0.1, -0.05) is 24.3 Å². The molecule has 4 rings (SSSR count). The van der Waals surface area contributed by atoms with Crippen LogP contribution in [0.3, 0.4) is 0 Å². The summed E-state index contributed by atoms with van der Waals surface area (Å²) in [5.74, 6) is -0.991. The maximum atomic E-state index is 12.3. The molecule has 2 aromatic carbocycles. The van der Waals surface area contributed by atoms with E-state index in [1.807, 2.05) is 35.0 Å². The third-order valence-corrected chi connectivity index (χ3v) is 7.21. The minimum atomic E-state index is -3.44. The van der Waals surface area contributed by atoms with Gasteiger partial charge in [0.25, 0.3) is 5.91 Å². The second-order valence-corrected chi connectivity index (χ2v) is 10.8. The highest BCUT2D eigenvalue weighted by Gasteiger charge is 2.14. The van der Waals surface area contributed by atoms with Crippen molar-refractivity contribution in [3.63, 3.8) is 0 Å². The van der Waals surface area contributed by atoms with Crippen LogP contribution in [0.2, 0.25) is 0 Å². The van der Waals surface area contributed by atoms with Gasteiger partial charge in [-0.25, -0.2) is 18.4 Å². The summed E-state index contributed by atoms with van der Waals surface area (Å²) < 4.78 is 23.3. The molecule has 2 amide bonds. The van der Waals surface area contributed by atoms with E-state index in [9.17, 15) is 18.0 Å². The van der Waals surface area contributed by atoms with Gasteiger partial charge >= 0.3 is 0 Å². The zero-order valence-corrected chi connectivity index (χ0v) is 19.8. The number of aromatic nitrogens is 2. The third kappa shape index (κ3) is 5.69. The number of carbonyl (C=O) groups excluding carboxylic acids is 2. The molecule has 0 saturated carbocycles. The third-order valence-electron chi connectivity index (χ3n) is 4.52. The van der Waals surface area contributed by atoms with Gasteiger partial charge in [-0.2, -0.15) is 0 Å². The molecular weight excluding hydrogens is 480 g/mol. The lowest BCUT2D eigenvalue weighted by atomic mass is 10.1. The Kier molecular flexibility index (Phi) is 6.63. The summed E-state index contributed by atoms with van der Waals surface area (Å²) in [5, 5.41) is 10.2. The number of anilines is 1. The van der Waals surface area contributed by atoms with Crippen LogP contribution < -0.4 is 10.6 Å². The van der Waals surface area contributed by atoms with E-state index in [1.54, 1.807) is 17.5 Å². The van der Waals surface area contributed by atoms with Crippen LogP contribution >= 0.6 is 22.7 Å². The Morgan fingerprint density at radius 3 is 2.58 bits per heavy atom. The highest BCUT2D eigenvalue weighted by atomic mass is 32.2. The number of rotatable bonds is 7. The van der Waals surface area contributed by atoms with E-state index < -0.39 is 21.7 Å². The van der Waals surface area contributed by atoms with Crippen LogP contribution in [-0.2, 0) is 14.6 Å². The van der Waals surface area contributed by atoms with E-state index in [-0.39, 0.29) is 17.0 Å². The molecule has 0 aliphatic carbocycles. The quantitative estimate of drug-likeness (QED) is 0.401. The summed E-state index contributed by atoms with van der Waals surface area (Å²) in [6, 6.07) is 13.5. The normalized spacial score (nSPS) is 11.2. The minimum Gasteiger partial charge on any atom is -0.343 e. The molecule has 0 aliphatic rings. The van der Waals surface area contributed by atoms with E-state index in [4.69, 9.17) is 0 Å². The SMILES string of the molecule is CS(=O)(=O)c1cccc(C(=O)NCC(=O)Nc2nc(-c3cccc(-c4nccs4)c3)cs2)c1. The Balaban J connectivity index is 1.37. The predicted molar refractivity (Wildman–Crippen MR) is 129 cm³/mol. The Hall–Kier alpha value is -3.41. The highest BCUT2D eigenvalue weighted by Crippen LogP contribution is 2.29. The topological polar surface area (TPSA) is 118 Å². The van der Waals surface area contributed by atoms with E-state index in [1.165, 1.54) is 35.6 Å². The van der Waals surface area contributed by atoms with Crippen molar-refractivity contribution >= 4 is 49.5 Å². The van der Waals surface area contributed by atoms with E-state index >= 15 is 0 Å². The van der Waals surface area contributed by atoms with Gasteiger partial charge in [0, 0.05) is 39.9 Å². The summed E-state index contributed by atoms with van der Waals surface area (Å²) in [7, 11) is -3.44. The van der Waals surface area contributed by atoms with Crippen LogP contribution in [0.5, 0.6) is 0 Å². The molecule has 2 aromatic heterocycles. The number of carbonyl (C=O) groups is 2. The minimum absolute atomic E-state index is 0.0360. The summed E-state index contributed by atoms with van der Waals surface area (Å²) in [4.78, 5) is 33.4. The van der Waals surface area contributed by atoms with Crippen molar-refractivity contribution in [3.8, 4) is 21.8 Å². The van der Waals surface area contributed by atoms with Crippen LogP contribution in [0.1, 0.15) is 10.4 Å². The maximum absolute atomic E-state index is 12.3. The lowest BCUT2D eigenvalue weighted by molar-refractivity contribution is -0.115. The first-order valence-corrected chi connectivity index (χ1v) is 13.3. The number of nitrogens with zero attached hydrogens (tertiary/aromatic N) is 2. The average molecular weight is 499 g/mol. The fourth-order valence-corrected chi connectivity index (χ4v) is 4.97. The predicted octanol–water partition coefficient (Wildman–Crippen LogP) is 3.71. The van der Waals surface area contributed by atoms with Crippen LogP contribution in [0, 0.1) is 0 Å². The lowest BCUT2D eigenvalue weighted by Gasteiger charge is -2.06. The molecule has 0 bridgehead atoms. The van der Waals surface area contributed by atoms with Crippen molar-refractivity contribution in [2.45, 2.75) is 4.90 Å². The molecule has 33 heavy (non-hydrogen) atoms. The number of thiazole rings is 2. The number of amides is 2. The first-order chi connectivity index (χ1) is 15.8. The molecule has 0 saturated heterocycles. The summed E-state index contributed by atoms with van der Waals surface area (Å²) in [5.41, 5.74) is 2.76. The summed E-state index contributed by atoms with van der Waals surface area (Å²) in [6.07, 6.45) is 2.82. The fourth-order valence-electron chi connectivity index (χ4n) is 2.94. The van der Waals surface area contributed by atoms with Crippen LogP contribution in [0.25, 0.3) is 21.8 Å². The van der Waals surface area contributed by atoms with Crippen molar-refractivity contribution < 1.29 is 18.0 Å². The summed E-state index contributed by atoms with van der Waals surface area (Å²) in [6.45, 7) is -0.281. The fraction of sp³-hybridized carbons (Fsp3) is 0.0909. The molecule has 0 aliphatic heterocycles. The number of nitrogens with one attached hydrogen (secondary N) is 2. The van der Waals surface area contributed by atoms with Crippen molar-refractivity contribution in [1.82, 2.24) is 15.3 Å². The average Bonchev–Trinajstić information content (AvgIpc) is 3.50. The molecule has 0 unspecified atom stereocenters. The van der Waals surface area contributed by atoms with Gasteiger partial charge in [-0.3, -0.25) is 9.59 Å². The monoisotopic (exact) mass is 498 g/mol. The second kappa shape index (κ2) is 9.61. The van der Waals surface area contributed by atoms with Gasteiger partial charge in [0.15, 0.2) is 15.0 Å². The van der Waals surface area contributed by atoms with Crippen molar-refractivity contribution in [3.05, 3.63) is 71.1 Å². The van der Waals surface area contributed by atoms with Gasteiger partial charge < -0.3 is 10.6 Å². The Morgan fingerprint density at radius 2 is 1.82 bits per heavy atom. The number of benzene rings is 2. The van der Waals surface area contributed by atoms with E-state index in [2.05, 4.69) is 20.6 Å². The van der Waals surface area contributed by atoms with E-state index in [0.29, 0.717) is 5.13 Å². The molecule has 2 heterocycles. The zero-order valence-electron chi connectivity index (χ0n) is 17.3. The van der Waals surface area contributed by atoms with Crippen LogP contribution in [-0.4, -0.2) is 43.0 Å². The Bertz CT molecular complexity index is 1410. The van der Waals surface area contributed by atoms with Crippen LogP contribution in [0.15, 0.2) is 70.4 Å². The van der Waals surface area contributed by atoms with Crippen molar-refractivity contribution in [2.24, 2.45) is 0 Å². The molecule has 0 fully saturated rings. The Morgan fingerprint density at radius 1 is 1.03 bits per heavy atom. The zero-order chi connectivity index (χ0) is 23.4. The molecule has 2 N–H and O–H groups in total. The lowest BCUT2D eigenvalue weighted by Crippen LogP contribution is -2.32. The molecular formula is C22H18N4O4S3. The maximum Gasteiger partial charge on any atom is 0.251 e. The molecule has 168 valence electrons. The molecule has 11 heteroatoms. The molecule has 4 aromatic rings. The molecule has 0 spiro atoms. The van der Waals surface area contributed by atoms with Gasteiger partial charge in [0.1, 0.15) is 5.01 Å². The number of hydrogen-bond acceptors (Lipinski definition) is 8. The van der Waals surface area contributed by atoms with Gasteiger partial charge in [-0.05, 0) is 24.3 Å². The first-order valence-electron chi connectivity index (χ1n) is 9.63. The van der Waals surface area contributed by atoms with Crippen molar-refractivity contribution in [2.75, 3.05) is 18.1 Å². The Labute approximate surface area is 198 Å². The first kappa shape index (κ1) is 22.8. The van der Waals surface area contributed by atoms with Crippen LogP contribution in [0.4, 0.5) is 5.13 Å². The second-order valence-electron chi connectivity index (χ2n) is 6.99. The largest absolute Gasteiger partial charge is 0.343 e. The van der Waals surface area contributed by atoms with E-state index in [0.717, 1.165) is 28.1 Å². The van der Waals surface area contributed by atoms with Gasteiger partial charge in [0.05, 0.1) is 17.1 Å². The number of hydrogen-bond donors (Lipinski definition) is 2. The molecule has 8 nitrogen and oxygen atoms in total.